The lowest BCUT2D eigenvalue weighted by atomic mass is 10.2. The Bertz CT molecular complexity index is 839. The third kappa shape index (κ3) is 6.05. The molecule has 1 aromatic carbocycles. The van der Waals surface area contributed by atoms with Crippen LogP contribution in [-0.4, -0.2) is 33.9 Å². The van der Waals surface area contributed by atoms with Gasteiger partial charge < -0.3 is 4.74 Å². The molecule has 0 bridgehead atoms. The van der Waals surface area contributed by atoms with Crippen molar-refractivity contribution in [2.75, 3.05) is 6.61 Å². The maximum atomic E-state index is 11.7. The summed E-state index contributed by atoms with van der Waals surface area (Å²) in [5, 5.41) is 9.39. The van der Waals surface area contributed by atoms with Gasteiger partial charge in [0.1, 0.15) is 11.4 Å². The Morgan fingerprint density at radius 2 is 2.08 bits per heavy atom. The molecule has 0 saturated carbocycles. The smallest absolute Gasteiger partial charge is 0.342 e. The molecule has 25 heavy (non-hydrogen) atoms. The number of ether oxygens (including phenoxy) is 1. The molecule has 0 aliphatic heterocycles. The average molecular weight is 345 g/mol. The van der Waals surface area contributed by atoms with Gasteiger partial charge in [0, 0.05) is 0 Å². The minimum absolute atomic E-state index is 0.0964. The number of rotatable bonds is 8. The predicted molar refractivity (Wildman–Crippen MR) is 91.8 cm³/mol. The second kappa shape index (κ2) is 9.16. The molecule has 0 aliphatic rings. The van der Waals surface area contributed by atoms with Crippen LogP contribution >= 0.6 is 0 Å². The highest BCUT2D eigenvalue weighted by atomic mass is 16.5. The number of hydrogen-bond donors (Lipinski definition) is 3. The van der Waals surface area contributed by atoms with Crippen LogP contribution in [0, 0.1) is 0 Å². The minimum Gasteiger partial charge on any atom is -0.494 e. The molecule has 2 aromatic rings. The summed E-state index contributed by atoms with van der Waals surface area (Å²) < 4.78 is 5.55. The molecule has 0 fully saturated rings. The van der Waals surface area contributed by atoms with E-state index in [2.05, 4.69) is 27.6 Å². The van der Waals surface area contributed by atoms with Gasteiger partial charge in [-0.25, -0.2) is 15.3 Å². The van der Waals surface area contributed by atoms with Crippen LogP contribution in [0.5, 0.6) is 5.75 Å². The van der Waals surface area contributed by atoms with Crippen molar-refractivity contribution in [2.24, 2.45) is 5.10 Å². The fourth-order valence-electron chi connectivity index (χ4n) is 1.85. The van der Waals surface area contributed by atoms with Gasteiger partial charge in [-0.2, -0.15) is 10.2 Å². The van der Waals surface area contributed by atoms with E-state index >= 15 is 0 Å². The number of nitrogens with one attached hydrogen (secondary N) is 3. The highest BCUT2D eigenvalue weighted by molar-refractivity contribution is 5.83. The summed E-state index contributed by atoms with van der Waals surface area (Å²) in [6.45, 7) is 2.78. The van der Waals surface area contributed by atoms with Crippen molar-refractivity contribution in [3.63, 3.8) is 0 Å². The number of amides is 1. The zero-order valence-electron chi connectivity index (χ0n) is 13.7. The molecule has 9 heteroatoms. The summed E-state index contributed by atoms with van der Waals surface area (Å²) in [7, 11) is 0. The second-order valence-corrected chi connectivity index (χ2v) is 5.19. The summed E-state index contributed by atoms with van der Waals surface area (Å²) in [6, 6.07) is 7.27. The number of hydrazone groups is 1. The molecular weight excluding hydrogens is 326 g/mol. The first kappa shape index (κ1) is 18.1. The van der Waals surface area contributed by atoms with E-state index in [-0.39, 0.29) is 12.1 Å². The van der Waals surface area contributed by atoms with Crippen molar-refractivity contribution in [3.05, 3.63) is 56.4 Å². The Morgan fingerprint density at radius 1 is 1.32 bits per heavy atom. The molecule has 0 spiro atoms. The van der Waals surface area contributed by atoms with Gasteiger partial charge in [0.2, 0.25) is 5.91 Å². The average Bonchev–Trinajstić information content (AvgIpc) is 2.59. The van der Waals surface area contributed by atoms with Crippen LogP contribution in [0.4, 0.5) is 0 Å². The van der Waals surface area contributed by atoms with E-state index < -0.39 is 17.2 Å². The van der Waals surface area contributed by atoms with Gasteiger partial charge in [-0.1, -0.05) is 13.3 Å². The summed E-state index contributed by atoms with van der Waals surface area (Å²) in [5.74, 6) is 0.249. The number of benzene rings is 1. The van der Waals surface area contributed by atoms with Gasteiger partial charge >= 0.3 is 5.69 Å². The SMILES string of the molecule is CCCCOc1ccc(/C=N\NC(=O)Cc2n[nH]c(=O)[nH]c2=O)cc1. The van der Waals surface area contributed by atoms with Crippen molar-refractivity contribution in [1.29, 1.82) is 0 Å². The van der Waals surface area contributed by atoms with Crippen LogP contribution in [0.3, 0.4) is 0 Å². The third-order valence-electron chi connectivity index (χ3n) is 3.16. The Morgan fingerprint density at radius 3 is 2.76 bits per heavy atom. The number of carbonyl (C=O) groups excluding carboxylic acids is 1. The normalized spacial score (nSPS) is 10.8. The molecule has 0 atom stereocenters. The highest BCUT2D eigenvalue weighted by Gasteiger charge is 2.08. The standard InChI is InChI=1S/C16H19N5O4/c1-2-3-8-25-12-6-4-11(5-7-12)10-17-20-14(22)9-13-15(23)18-16(24)21-19-13/h4-7,10H,2-3,8-9H2,1H3,(H,20,22)(H2,18,21,23,24)/b17-10-. The second-order valence-electron chi connectivity index (χ2n) is 5.19. The van der Waals surface area contributed by atoms with Crippen molar-refractivity contribution >= 4 is 12.1 Å². The molecule has 0 saturated heterocycles. The predicted octanol–water partition coefficient (Wildman–Crippen LogP) is 0.330. The minimum atomic E-state index is -0.728. The van der Waals surface area contributed by atoms with Crippen LogP contribution in [0.1, 0.15) is 31.0 Å². The van der Waals surface area contributed by atoms with Gasteiger partial charge in [0.05, 0.1) is 19.2 Å². The molecule has 9 nitrogen and oxygen atoms in total. The topological polar surface area (TPSA) is 129 Å². The Hall–Kier alpha value is -3.23. The maximum absolute atomic E-state index is 11.7. The van der Waals surface area contributed by atoms with E-state index in [0.29, 0.717) is 6.61 Å². The summed E-state index contributed by atoms with van der Waals surface area (Å²) in [5.41, 5.74) is 1.54. The van der Waals surface area contributed by atoms with Crippen LogP contribution < -0.4 is 21.4 Å². The monoisotopic (exact) mass is 345 g/mol. The van der Waals surface area contributed by atoms with E-state index in [9.17, 15) is 14.4 Å². The third-order valence-corrected chi connectivity index (χ3v) is 3.16. The van der Waals surface area contributed by atoms with Crippen molar-refractivity contribution < 1.29 is 9.53 Å². The zero-order chi connectivity index (χ0) is 18.1. The molecule has 2 rings (SSSR count). The van der Waals surface area contributed by atoms with Gasteiger partial charge in [-0.3, -0.25) is 14.6 Å². The molecule has 1 amide bonds. The van der Waals surface area contributed by atoms with Gasteiger partial charge in [0.25, 0.3) is 5.56 Å². The van der Waals surface area contributed by atoms with Crippen LogP contribution in [0.15, 0.2) is 39.0 Å². The van der Waals surface area contributed by atoms with Crippen molar-refractivity contribution in [2.45, 2.75) is 26.2 Å². The summed E-state index contributed by atoms with van der Waals surface area (Å²) in [6.07, 6.45) is 3.25. The first-order valence-electron chi connectivity index (χ1n) is 7.81. The number of nitrogens with zero attached hydrogens (tertiary/aromatic N) is 2. The Balaban J connectivity index is 1.84. The quantitative estimate of drug-likeness (QED) is 0.361. The van der Waals surface area contributed by atoms with Crippen molar-refractivity contribution in [3.8, 4) is 5.75 Å². The molecule has 0 unspecified atom stereocenters. The lowest BCUT2D eigenvalue weighted by molar-refractivity contribution is -0.120. The van der Waals surface area contributed by atoms with Crippen LogP contribution in [-0.2, 0) is 11.2 Å². The molecule has 132 valence electrons. The van der Waals surface area contributed by atoms with E-state index in [1.165, 1.54) is 6.21 Å². The van der Waals surface area contributed by atoms with E-state index in [1.54, 1.807) is 0 Å². The van der Waals surface area contributed by atoms with E-state index in [0.717, 1.165) is 24.2 Å². The van der Waals surface area contributed by atoms with E-state index in [4.69, 9.17) is 4.74 Å². The molecule has 3 N–H and O–H groups in total. The van der Waals surface area contributed by atoms with Gasteiger partial charge in [-0.05, 0) is 36.2 Å². The Kier molecular flexibility index (Phi) is 6.64. The lowest BCUT2D eigenvalue weighted by Crippen LogP contribution is -2.31. The number of hydrogen-bond acceptors (Lipinski definition) is 6. The first-order chi connectivity index (χ1) is 12.1. The maximum Gasteiger partial charge on any atom is 0.342 e. The van der Waals surface area contributed by atoms with E-state index in [1.807, 2.05) is 29.2 Å². The zero-order valence-corrected chi connectivity index (χ0v) is 13.7. The number of H-pyrrole nitrogens is 2. The first-order valence-corrected chi connectivity index (χ1v) is 7.81. The highest BCUT2D eigenvalue weighted by Crippen LogP contribution is 2.11. The largest absolute Gasteiger partial charge is 0.494 e. The van der Waals surface area contributed by atoms with Crippen molar-refractivity contribution in [1.82, 2.24) is 20.6 Å². The molecule has 1 heterocycles. The number of carbonyl (C=O) groups is 1. The molecular formula is C16H19N5O4. The molecule has 0 radical (unpaired) electrons. The molecule has 1 aromatic heterocycles. The van der Waals surface area contributed by atoms with Crippen LogP contribution in [0.2, 0.25) is 0 Å². The summed E-state index contributed by atoms with van der Waals surface area (Å²) in [4.78, 5) is 36.0. The number of aromatic amines is 2. The molecule has 0 aliphatic carbocycles. The number of unbranched alkanes of at least 4 members (excludes halogenated alkanes) is 1. The Labute approximate surface area is 143 Å². The summed E-state index contributed by atoms with van der Waals surface area (Å²) >= 11 is 0. The fourth-order valence-corrected chi connectivity index (χ4v) is 1.85. The fraction of sp³-hybridized carbons (Fsp3) is 0.312. The lowest BCUT2D eigenvalue weighted by Gasteiger charge is -2.04. The van der Waals surface area contributed by atoms with Gasteiger partial charge in [-0.15, -0.1) is 0 Å². The van der Waals surface area contributed by atoms with Gasteiger partial charge in [0.15, 0.2) is 0 Å². The number of aromatic nitrogens is 3. The van der Waals surface area contributed by atoms with Crippen LogP contribution in [0.25, 0.3) is 0 Å².